The Balaban J connectivity index is 2.31. The molecule has 1 N–H and O–H groups in total. The van der Waals surface area contributed by atoms with Crippen LogP contribution in [0.5, 0.6) is 5.88 Å². The summed E-state index contributed by atoms with van der Waals surface area (Å²) in [6.07, 6.45) is -5.54. The van der Waals surface area contributed by atoms with E-state index in [0.717, 1.165) is 6.07 Å². The molecule has 1 aliphatic rings. The Morgan fingerprint density at radius 2 is 2.00 bits per heavy atom. The van der Waals surface area contributed by atoms with Crippen LogP contribution in [-0.4, -0.2) is 45.7 Å². The third-order valence-corrected chi connectivity index (χ3v) is 3.92. The van der Waals surface area contributed by atoms with Crippen LogP contribution in [0.3, 0.4) is 0 Å². The van der Waals surface area contributed by atoms with Crippen molar-refractivity contribution >= 4 is 17.7 Å². The molecule has 0 unspecified atom stereocenters. The molecular formula is C16H20ClF3N2O4. The summed E-state index contributed by atoms with van der Waals surface area (Å²) in [6.45, 7) is 5.43. The van der Waals surface area contributed by atoms with E-state index in [2.05, 4.69) is 9.72 Å². The van der Waals surface area contributed by atoms with Gasteiger partial charge in [-0.3, -0.25) is 4.90 Å². The van der Waals surface area contributed by atoms with E-state index in [9.17, 15) is 23.1 Å². The van der Waals surface area contributed by atoms with Crippen LogP contribution < -0.4 is 4.74 Å². The first kappa shape index (κ1) is 20.6. The van der Waals surface area contributed by atoms with Crippen LogP contribution in [0.15, 0.2) is 12.1 Å². The fraction of sp³-hybridized carbons (Fsp3) is 0.625. The van der Waals surface area contributed by atoms with E-state index in [4.69, 9.17) is 16.3 Å². The quantitative estimate of drug-likeness (QED) is 0.763. The first-order chi connectivity index (χ1) is 11.9. The number of nitrogens with zero attached hydrogens (tertiary/aromatic N) is 2. The second kappa shape index (κ2) is 7.48. The maximum atomic E-state index is 12.5. The van der Waals surface area contributed by atoms with E-state index in [1.165, 1.54) is 11.0 Å². The number of likely N-dealkylation sites (tertiary alicyclic amines) is 1. The number of aromatic nitrogens is 1. The maximum Gasteiger partial charge on any atom is 0.574 e. The van der Waals surface area contributed by atoms with Crippen LogP contribution in [0.2, 0.25) is 5.15 Å². The molecule has 10 heteroatoms. The highest BCUT2D eigenvalue weighted by atomic mass is 35.5. The lowest BCUT2D eigenvalue weighted by Gasteiger charge is -2.39. The van der Waals surface area contributed by atoms with Gasteiger partial charge >= 0.3 is 12.5 Å². The maximum absolute atomic E-state index is 12.5. The molecule has 2 atom stereocenters. The molecule has 0 bridgehead atoms. The largest absolute Gasteiger partial charge is 0.574 e. The SMILES string of the molecule is CC(C)(C)OC(=O)N1CCC[C@H](O)[C@@H]1c1ccc(OC(F)(F)F)nc1Cl. The smallest absolute Gasteiger partial charge is 0.444 e. The molecule has 0 saturated carbocycles. The Morgan fingerprint density at radius 1 is 1.35 bits per heavy atom. The molecule has 2 rings (SSSR count). The highest BCUT2D eigenvalue weighted by Crippen LogP contribution is 2.36. The van der Waals surface area contributed by atoms with Crippen molar-refractivity contribution in [3.63, 3.8) is 0 Å². The second-order valence-corrected chi connectivity index (χ2v) is 7.26. The van der Waals surface area contributed by atoms with Crippen molar-refractivity contribution in [3.8, 4) is 5.88 Å². The number of hydrogen-bond acceptors (Lipinski definition) is 5. The number of ether oxygens (including phenoxy) is 2. The van der Waals surface area contributed by atoms with Gasteiger partial charge in [-0.05, 0) is 39.7 Å². The zero-order chi connectivity index (χ0) is 19.7. The van der Waals surface area contributed by atoms with Crippen LogP contribution in [0.1, 0.15) is 45.2 Å². The number of carbonyl (C=O) groups excluding carboxylic acids is 1. The van der Waals surface area contributed by atoms with Gasteiger partial charge in [-0.15, -0.1) is 13.2 Å². The number of aliphatic hydroxyl groups excluding tert-OH is 1. The van der Waals surface area contributed by atoms with E-state index in [1.54, 1.807) is 20.8 Å². The lowest BCUT2D eigenvalue weighted by molar-refractivity contribution is -0.276. The molecule has 146 valence electrons. The minimum atomic E-state index is -4.90. The second-order valence-electron chi connectivity index (χ2n) is 6.91. The molecule has 1 aromatic rings. The Morgan fingerprint density at radius 3 is 2.54 bits per heavy atom. The van der Waals surface area contributed by atoms with Crippen molar-refractivity contribution in [3.05, 3.63) is 22.8 Å². The molecule has 2 heterocycles. The van der Waals surface area contributed by atoms with E-state index in [1.807, 2.05) is 0 Å². The zero-order valence-electron chi connectivity index (χ0n) is 14.5. The molecule has 0 spiro atoms. The Labute approximate surface area is 153 Å². The normalized spacial score (nSPS) is 21.5. The molecule has 1 saturated heterocycles. The number of alkyl halides is 3. The fourth-order valence-corrected chi connectivity index (χ4v) is 2.96. The van der Waals surface area contributed by atoms with Gasteiger partial charge in [-0.25, -0.2) is 9.78 Å². The van der Waals surface area contributed by atoms with Crippen molar-refractivity contribution in [1.29, 1.82) is 0 Å². The van der Waals surface area contributed by atoms with Gasteiger partial charge in [0, 0.05) is 18.2 Å². The number of halogens is 4. The molecule has 1 fully saturated rings. The predicted molar refractivity (Wildman–Crippen MR) is 86.9 cm³/mol. The number of piperidine rings is 1. The van der Waals surface area contributed by atoms with Gasteiger partial charge < -0.3 is 14.6 Å². The number of carbonyl (C=O) groups is 1. The predicted octanol–water partition coefficient (Wildman–Crippen LogP) is 4.07. The minimum absolute atomic E-state index is 0.222. The monoisotopic (exact) mass is 396 g/mol. The van der Waals surface area contributed by atoms with Crippen LogP contribution in [-0.2, 0) is 4.74 Å². The van der Waals surface area contributed by atoms with Gasteiger partial charge in [0.2, 0.25) is 5.88 Å². The first-order valence-corrected chi connectivity index (χ1v) is 8.35. The highest BCUT2D eigenvalue weighted by molar-refractivity contribution is 6.30. The van der Waals surface area contributed by atoms with Crippen LogP contribution in [0.25, 0.3) is 0 Å². The van der Waals surface area contributed by atoms with Crippen LogP contribution in [0.4, 0.5) is 18.0 Å². The number of amides is 1. The number of pyridine rings is 1. The lowest BCUT2D eigenvalue weighted by Crippen LogP contribution is -2.47. The Bertz CT molecular complexity index is 664. The summed E-state index contributed by atoms with van der Waals surface area (Å²) in [6, 6.07) is 1.37. The summed E-state index contributed by atoms with van der Waals surface area (Å²) in [5.41, 5.74) is -0.518. The lowest BCUT2D eigenvalue weighted by atomic mass is 9.94. The van der Waals surface area contributed by atoms with Gasteiger partial charge in [-0.2, -0.15) is 0 Å². The molecule has 1 amide bonds. The van der Waals surface area contributed by atoms with Gasteiger partial charge in [0.25, 0.3) is 0 Å². The molecular weight excluding hydrogens is 377 g/mol. The molecule has 1 aromatic heterocycles. The summed E-state index contributed by atoms with van der Waals surface area (Å²) in [4.78, 5) is 17.3. The first-order valence-electron chi connectivity index (χ1n) is 7.97. The van der Waals surface area contributed by atoms with Gasteiger partial charge in [0.05, 0.1) is 12.1 Å². The van der Waals surface area contributed by atoms with Crippen LogP contribution in [0, 0.1) is 0 Å². The van der Waals surface area contributed by atoms with E-state index in [0.29, 0.717) is 19.4 Å². The zero-order valence-corrected chi connectivity index (χ0v) is 15.3. The topological polar surface area (TPSA) is 71.9 Å². The number of rotatable bonds is 2. The third kappa shape index (κ3) is 5.38. The summed E-state index contributed by atoms with van der Waals surface area (Å²) in [5, 5.41) is 10.1. The van der Waals surface area contributed by atoms with Crippen molar-refractivity contribution in [2.24, 2.45) is 0 Å². The number of aliphatic hydroxyl groups is 1. The summed E-state index contributed by atoms with van der Waals surface area (Å²) in [7, 11) is 0. The van der Waals surface area contributed by atoms with Crippen molar-refractivity contribution in [1.82, 2.24) is 9.88 Å². The molecule has 6 nitrogen and oxygen atoms in total. The minimum Gasteiger partial charge on any atom is -0.444 e. The van der Waals surface area contributed by atoms with Crippen molar-refractivity contribution in [2.45, 2.75) is 57.7 Å². The van der Waals surface area contributed by atoms with E-state index < -0.39 is 36.1 Å². The summed E-state index contributed by atoms with van der Waals surface area (Å²) < 4.78 is 46.0. The van der Waals surface area contributed by atoms with E-state index in [-0.39, 0.29) is 10.7 Å². The fourth-order valence-electron chi connectivity index (χ4n) is 2.70. The van der Waals surface area contributed by atoms with Gasteiger partial charge in [-0.1, -0.05) is 11.6 Å². The summed E-state index contributed by atoms with van der Waals surface area (Å²) >= 11 is 6.01. The van der Waals surface area contributed by atoms with Crippen molar-refractivity contribution in [2.75, 3.05) is 6.54 Å². The highest BCUT2D eigenvalue weighted by Gasteiger charge is 2.38. The average Bonchev–Trinajstić information content (AvgIpc) is 2.44. The average molecular weight is 397 g/mol. The van der Waals surface area contributed by atoms with Crippen molar-refractivity contribution < 1.29 is 32.5 Å². The van der Waals surface area contributed by atoms with Crippen LogP contribution >= 0.6 is 11.6 Å². The Hall–Kier alpha value is -1.74. The Kier molecular flexibility index (Phi) is 5.92. The third-order valence-electron chi connectivity index (χ3n) is 3.62. The summed E-state index contributed by atoms with van der Waals surface area (Å²) in [5.74, 6) is -0.722. The van der Waals surface area contributed by atoms with E-state index >= 15 is 0 Å². The molecule has 1 aliphatic heterocycles. The standard InChI is InChI=1S/C16H20ClF3N2O4/c1-15(2,3)26-14(24)22-8-4-5-10(23)12(22)9-6-7-11(21-13(9)17)25-16(18,19)20/h6-7,10,12,23H,4-5,8H2,1-3H3/t10-,12-/m0/s1. The molecule has 0 radical (unpaired) electrons. The molecule has 0 aliphatic carbocycles. The molecule has 26 heavy (non-hydrogen) atoms. The number of hydrogen-bond donors (Lipinski definition) is 1. The molecule has 0 aromatic carbocycles. The van der Waals surface area contributed by atoms with Gasteiger partial charge in [0.15, 0.2) is 0 Å². The van der Waals surface area contributed by atoms with Gasteiger partial charge in [0.1, 0.15) is 10.8 Å².